The summed E-state index contributed by atoms with van der Waals surface area (Å²) < 4.78 is 26.4. The molecule has 0 saturated carbocycles. The maximum Gasteiger partial charge on any atom is 0.250 e. The van der Waals surface area contributed by atoms with E-state index in [1.165, 1.54) is 22.5 Å². The molecule has 2 rings (SSSR count). The van der Waals surface area contributed by atoms with Gasteiger partial charge in [0.2, 0.25) is 15.9 Å². The van der Waals surface area contributed by atoms with Gasteiger partial charge in [0.1, 0.15) is 0 Å². The number of hydrogen-bond donors (Lipinski definition) is 1. The molecule has 1 heterocycles. The zero-order valence-electron chi connectivity index (χ0n) is 11.0. The maximum atomic E-state index is 12.5. The summed E-state index contributed by atoms with van der Waals surface area (Å²) in [5.74, 6) is -0.745. The van der Waals surface area contributed by atoms with Crippen molar-refractivity contribution in [1.29, 1.82) is 0 Å². The molecule has 1 aliphatic rings. The van der Waals surface area contributed by atoms with Gasteiger partial charge in [0.05, 0.1) is 15.5 Å². The molecule has 0 unspecified atom stereocenters. The molecule has 6 nitrogen and oxygen atoms in total. The van der Waals surface area contributed by atoms with Gasteiger partial charge in [-0.25, -0.2) is 8.42 Å². The second-order valence-electron chi connectivity index (χ2n) is 4.71. The minimum atomic E-state index is -3.62. The zero-order valence-corrected chi connectivity index (χ0v) is 12.6. The summed E-state index contributed by atoms with van der Waals surface area (Å²) in [6.45, 7) is 2.20. The number of primary amides is 1. The molecule has 0 spiro atoms. The molecule has 0 aromatic heterocycles. The summed E-state index contributed by atoms with van der Waals surface area (Å²) >= 11 is 5.83. The first kappa shape index (κ1) is 15.2. The van der Waals surface area contributed by atoms with Crippen LogP contribution in [0.4, 0.5) is 0 Å². The largest absolute Gasteiger partial charge is 0.366 e. The van der Waals surface area contributed by atoms with Gasteiger partial charge in [0.15, 0.2) is 0 Å². The standard InChI is InChI=1S/C12H16ClN3O3S/c1-15-4-6-16(7-5-15)20(18,19)9-2-3-11(13)10(8-9)12(14)17/h2-3,8H,4-7H2,1H3,(H2,14,17). The Hall–Kier alpha value is -1.15. The van der Waals surface area contributed by atoms with E-state index < -0.39 is 15.9 Å². The van der Waals surface area contributed by atoms with Gasteiger partial charge < -0.3 is 10.6 Å². The normalized spacial score (nSPS) is 18.1. The molecule has 1 aromatic rings. The maximum absolute atomic E-state index is 12.5. The van der Waals surface area contributed by atoms with E-state index in [0.717, 1.165) is 0 Å². The molecule has 2 N–H and O–H groups in total. The molecule has 1 aromatic carbocycles. The molecule has 1 saturated heterocycles. The van der Waals surface area contributed by atoms with E-state index in [-0.39, 0.29) is 15.5 Å². The van der Waals surface area contributed by atoms with Crippen LogP contribution in [-0.2, 0) is 10.0 Å². The molecule has 1 amide bonds. The Morgan fingerprint density at radius 1 is 1.25 bits per heavy atom. The number of sulfonamides is 1. The number of piperazine rings is 1. The molecule has 1 aliphatic heterocycles. The van der Waals surface area contributed by atoms with Gasteiger partial charge in [0, 0.05) is 26.2 Å². The Morgan fingerprint density at radius 3 is 2.40 bits per heavy atom. The highest BCUT2D eigenvalue weighted by Gasteiger charge is 2.28. The van der Waals surface area contributed by atoms with Crippen molar-refractivity contribution in [2.75, 3.05) is 33.2 Å². The van der Waals surface area contributed by atoms with E-state index in [1.807, 2.05) is 7.05 Å². The van der Waals surface area contributed by atoms with Crippen molar-refractivity contribution in [3.05, 3.63) is 28.8 Å². The van der Waals surface area contributed by atoms with Crippen molar-refractivity contribution in [2.45, 2.75) is 4.90 Å². The van der Waals surface area contributed by atoms with Crippen molar-refractivity contribution in [1.82, 2.24) is 9.21 Å². The summed E-state index contributed by atoms with van der Waals surface area (Å²) in [7, 11) is -1.68. The number of carbonyl (C=O) groups excluding carboxylic acids is 1. The fourth-order valence-corrected chi connectivity index (χ4v) is 3.69. The summed E-state index contributed by atoms with van der Waals surface area (Å²) in [5.41, 5.74) is 5.20. The van der Waals surface area contributed by atoms with Crippen LogP contribution in [0.2, 0.25) is 5.02 Å². The quantitative estimate of drug-likeness (QED) is 0.873. The van der Waals surface area contributed by atoms with Crippen LogP contribution in [0.5, 0.6) is 0 Å². The molecule has 8 heteroatoms. The molecule has 110 valence electrons. The van der Waals surface area contributed by atoms with E-state index in [2.05, 4.69) is 4.90 Å². The molecule has 0 aliphatic carbocycles. The monoisotopic (exact) mass is 317 g/mol. The second-order valence-corrected chi connectivity index (χ2v) is 7.06. The number of halogens is 1. The number of hydrogen-bond acceptors (Lipinski definition) is 4. The molecule has 1 fully saturated rings. The molecule has 20 heavy (non-hydrogen) atoms. The van der Waals surface area contributed by atoms with Gasteiger partial charge in [-0.05, 0) is 25.2 Å². The third kappa shape index (κ3) is 2.95. The first-order valence-electron chi connectivity index (χ1n) is 6.10. The summed E-state index contributed by atoms with van der Waals surface area (Å²) in [6, 6.07) is 4.01. The van der Waals surface area contributed by atoms with Gasteiger partial charge in [-0.3, -0.25) is 4.79 Å². The van der Waals surface area contributed by atoms with Crippen LogP contribution in [0.15, 0.2) is 23.1 Å². The number of amides is 1. The minimum Gasteiger partial charge on any atom is -0.366 e. The van der Waals surface area contributed by atoms with E-state index in [9.17, 15) is 13.2 Å². The predicted octanol–water partition coefficient (Wildman–Crippen LogP) is 0.375. The molecular formula is C12H16ClN3O3S. The van der Waals surface area contributed by atoms with Gasteiger partial charge in [0.25, 0.3) is 0 Å². The number of nitrogens with zero attached hydrogens (tertiary/aromatic N) is 2. The number of rotatable bonds is 3. The fourth-order valence-electron chi connectivity index (χ4n) is 2.03. The average Bonchev–Trinajstić information content (AvgIpc) is 2.39. The van der Waals surface area contributed by atoms with Crippen molar-refractivity contribution < 1.29 is 13.2 Å². The van der Waals surface area contributed by atoms with E-state index >= 15 is 0 Å². The van der Waals surface area contributed by atoms with Crippen LogP contribution in [-0.4, -0.2) is 56.8 Å². The smallest absolute Gasteiger partial charge is 0.250 e. The number of carbonyl (C=O) groups is 1. The van der Waals surface area contributed by atoms with E-state index in [0.29, 0.717) is 26.2 Å². The first-order valence-corrected chi connectivity index (χ1v) is 7.92. The van der Waals surface area contributed by atoms with Crippen LogP contribution < -0.4 is 5.73 Å². The van der Waals surface area contributed by atoms with Crippen molar-refractivity contribution in [3.8, 4) is 0 Å². The Kier molecular flexibility index (Phi) is 4.33. The Bertz CT molecular complexity index is 625. The zero-order chi connectivity index (χ0) is 14.9. The second kappa shape index (κ2) is 5.69. The topological polar surface area (TPSA) is 83.7 Å². The summed E-state index contributed by atoms with van der Waals surface area (Å²) in [4.78, 5) is 13.3. The van der Waals surface area contributed by atoms with Crippen LogP contribution in [0.3, 0.4) is 0 Å². The Morgan fingerprint density at radius 2 is 1.85 bits per heavy atom. The molecule has 0 bridgehead atoms. The lowest BCUT2D eigenvalue weighted by Crippen LogP contribution is -2.47. The molecule has 0 atom stereocenters. The molecular weight excluding hydrogens is 302 g/mol. The van der Waals surface area contributed by atoms with Crippen molar-refractivity contribution in [2.24, 2.45) is 5.73 Å². The van der Waals surface area contributed by atoms with Gasteiger partial charge in [-0.1, -0.05) is 11.6 Å². The van der Waals surface area contributed by atoms with Crippen LogP contribution in [0, 0.1) is 0 Å². The SMILES string of the molecule is CN1CCN(S(=O)(=O)c2ccc(Cl)c(C(N)=O)c2)CC1. The average molecular weight is 318 g/mol. The van der Waals surface area contributed by atoms with Crippen molar-refractivity contribution >= 4 is 27.5 Å². The lowest BCUT2D eigenvalue weighted by molar-refractivity contribution is 0.1000. The van der Waals surface area contributed by atoms with Gasteiger partial charge >= 0.3 is 0 Å². The van der Waals surface area contributed by atoms with Gasteiger partial charge in [-0.15, -0.1) is 0 Å². The van der Waals surface area contributed by atoms with Crippen LogP contribution in [0.1, 0.15) is 10.4 Å². The fraction of sp³-hybridized carbons (Fsp3) is 0.417. The van der Waals surface area contributed by atoms with Crippen molar-refractivity contribution in [3.63, 3.8) is 0 Å². The van der Waals surface area contributed by atoms with Crippen LogP contribution in [0.25, 0.3) is 0 Å². The lowest BCUT2D eigenvalue weighted by Gasteiger charge is -2.31. The Balaban J connectivity index is 2.35. The third-order valence-corrected chi connectivity index (χ3v) is 5.53. The highest BCUT2D eigenvalue weighted by atomic mass is 35.5. The lowest BCUT2D eigenvalue weighted by atomic mass is 10.2. The third-order valence-electron chi connectivity index (χ3n) is 3.30. The van der Waals surface area contributed by atoms with E-state index in [4.69, 9.17) is 17.3 Å². The highest BCUT2D eigenvalue weighted by Crippen LogP contribution is 2.23. The number of likely N-dealkylation sites (N-methyl/N-ethyl adjacent to an activating group) is 1. The summed E-state index contributed by atoms with van der Waals surface area (Å²) in [5, 5.41) is 0.148. The first-order chi connectivity index (χ1) is 9.32. The highest BCUT2D eigenvalue weighted by molar-refractivity contribution is 7.89. The predicted molar refractivity (Wildman–Crippen MR) is 76.2 cm³/mol. The van der Waals surface area contributed by atoms with E-state index in [1.54, 1.807) is 0 Å². The Labute approximate surface area is 123 Å². The summed E-state index contributed by atoms with van der Waals surface area (Å²) in [6.07, 6.45) is 0. The molecule has 0 radical (unpaired) electrons. The number of benzene rings is 1. The number of nitrogens with two attached hydrogens (primary N) is 1. The van der Waals surface area contributed by atoms with Crippen LogP contribution >= 0.6 is 11.6 Å². The van der Waals surface area contributed by atoms with Gasteiger partial charge in [-0.2, -0.15) is 4.31 Å². The minimum absolute atomic E-state index is 0.0156.